The molecule has 0 spiro atoms. The summed E-state index contributed by atoms with van der Waals surface area (Å²) in [6.45, 7) is 6.07. The molecule has 2 aromatic rings. The lowest BCUT2D eigenvalue weighted by Crippen LogP contribution is -2.37. The molecule has 0 bridgehead atoms. The quantitative estimate of drug-likeness (QED) is 0.771. The van der Waals surface area contributed by atoms with Crippen LogP contribution in [0.4, 0.5) is 0 Å². The van der Waals surface area contributed by atoms with Crippen LogP contribution in [0, 0.1) is 6.92 Å². The van der Waals surface area contributed by atoms with Crippen molar-refractivity contribution in [2.24, 2.45) is 0 Å². The van der Waals surface area contributed by atoms with E-state index in [9.17, 15) is 4.79 Å². The molecule has 0 saturated carbocycles. The van der Waals surface area contributed by atoms with Crippen molar-refractivity contribution in [1.29, 1.82) is 0 Å². The third kappa shape index (κ3) is 3.66. The van der Waals surface area contributed by atoms with Crippen LogP contribution in [-0.2, 0) is 6.42 Å². The molecule has 0 atom stereocenters. The Morgan fingerprint density at radius 1 is 1.22 bits per heavy atom. The van der Waals surface area contributed by atoms with Crippen LogP contribution in [0.3, 0.4) is 0 Å². The van der Waals surface area contributed by atoms with Gasteiger partial charge >= 0.3 is 0 Å². The van der Waals surface area contributed by atoms with Gasteiger partial charge in [-0.2, -0.15) is 0 Å². The maximum Gasteiger partial charge on any atom is 0.263 e. The van der Waals surface area contributed by atoms with E-state index in [1.807, 2.05) is 4.90 Å². The summed E-state index contributed by atoms with van der Waals surface area (Å²) in [5.74, 6) is 0.827. The molecule has 3 heteroatoms. The largest absolute Gasteiger partial charge is 0.338 e. The van der Waals surface area contributed by atoms with Gasteiger partial charge in [-0.05, 0) is 49.3 Å². The Balaban J connectivity index is 1.63. The summed E-state index contributed by atoms with van der Waals surface area (Å²) < 4.78 is 0. The number of carbonyl (C=O) groups is 1. The fourth-order valence-electron chi connectivity index (χ4n) is 3.44. The van der Waals surface area contributed by atoms with Crippen molar-refractivity contribution in [1.82, 2.24) is 4.90 Å². The molecule has 0 aliphatic carbocycles. The van der Waals surface area contributed by atoms with Crippen LogP contribution in [0.15, 0.2) is 36.4 Å². The molecule has 2 heterocycles. The molecular formula is C20H25NOS. The summed E-state index contributed by atoms with van der Waals surface area (Å²) in [6.07, 6.45) is 4.35. The monoisotopic (exact) mass is 327 g/mol. The average Bonchev–Trinajstić information content (AvgIpc) is 2.96. The number of benzene rings is 1. The van der Waals surface area contributed by atoms with Crippen LogP contribution in [0.1, 0.15) is 57.8 Å². The fourth-order valence-corrected chi connectivity index (χ4v) is 4.48. The number of amides is 1. The molecule has 1 amide bonds. The standard InChI is InChI=1S/C20H25NOS/c1-3-7-18-14-19(23-15(18)2)20(22)21-12-10-17(11-13-21)16-8-5-4-6-9-16/h4-6,8-9,14,17H,3,7,10-13H2,1-2H3. The second-order valence-corrected chi connectivity index (χ2v) is 7.68. The van der Waals surface area contributed by atoms with Crippen LogP contribution in [0.5, 0.6) is 0 Å². The first kappa shape index (κ1) is 16.3. The summed E-state index contributed by atoms with van der Waals surface area (Å²) in [5.41, 5.74) is 2.76. The number of thiophene rings is 1. The Morgan fingerprint density at radius 2 is 1.91 bits per heavy atom. The summed E-state index contributed by atoms with van der Waals surface area (Å²) in [4.78, 5) is 17.0. The van der Waals surface area contributed by atoms with Gasteiger partial charge in [0.25, 0.3) is 5.91 Å². The van der Waals surface area contributed by atoms with Crippen LogP contribution in [0.2, 0.25) is 0 Å². The van der Waals surface area contributed by atoms with Crippen molar-refractivity contribution < 1.29 is 4.79 Å². The van der Waals surface area contributed by atoms with Gasteiger partial charge in [0.05, 0.1) is 4.88 Å². The SMILES string of the molecule is CCCc1cc(C(=O)N2CCC(c3ccccc3)CC2)sc1C. The van der Waals surface area contributed by atoms with Gasteiger partial charge in [0.15, 0.2) is 0 Å². The zero-order valence-electron chi connectivity index (χ0n) is 14.0. The van der Waals surface area contributed by atoms with E-state index >= 15 is 0 Å². The van der Waals surface area contributed by atoms with Crippen molar-refractivity contribution in [3.63, 3.8) is 0 Å². The summed E-state index contributed by atoms with van der Waals surface area (Å²) >= 11 is 1.66. The Kier molecular flexibility index (Phi) is 5.16. The first-order valence-corrected chi connectivity index (χ1v) is 9.44. The van der Waals surface area contributed by atoms with Crippen LogP contribution in [-0.4, -0.2) is 23.9 Å². The molecule has 0 N–H and O–H groups in total. The highest BCUT2D eigenvalue weighted by Gasteiger charge is 2.25. The third-order valence-corrected chi connectivity index (χ3v) is 5.88. The Hall–Kier alpha value is -1.61. The van der Waals surface area contributed by atoms with Crippen LogP contribution < -0.4 is 0 Å². The van der Waals surface area contributed by atoms with E-state index < -0.39 is 0 Å². The normalized spacial score (nSPS) is 15.8. The Labute approximate surface area is 143 Å². The topological polar surface area (TPSA) is 20.3 Å². The molecule has 0 unspecified atom stereocenters. The molecule has 1 saturated heterocycles. The van der Waals surface area contributed by atoms with Gasteiger partial charge in [0.2, 0.25) is 0 Å². The molecule has 3 rings (SSSR count). The zero-order valence-corrected chi connectivity index (χ0v) is 14.9. The minimum atomic E-state index is 0.229. The lowest BCUT2D eigenvalue weighted by molar-refractivity contribution is 0.0718. The number of hydrogen-bond acceptors (Lipinski definition) is 2. The lowest BCUT2D eigenvalue weighted by Gasteiger charge is -2.32. The second kappa shape index (κ2) is 7.31. The molecule has 122 valence electrons. The number of piperidine rings is 1. The highest BCUT2D eigenvalue weighted by atomic mass is 32.1. The van der Waals surface area contributed by atoms with E-state index in [0.717, 1.165) is 43.6 Å². The van der Waals surface area contributed by atoms with E-state index in [1.54, 1.807) is 11.3 Å². The summed E-state index contributed by atoms with van der Waals surface area (Å²) in [7, 11) is 0. The van der Waals surface area contributed by atoms with Gasteiger partial charge in [-0.1, -0.05) is 43.7 Å². The van der Waals surface area contributed by atoms with Crippen molar-refractivity contribution in [2.75, 3.05) is 13.1 Å². The van der Waals surface area contributed by atoms with Crippen molar-refractivity contribution in [3.05, 3.63) is 57.3 Å². The smallest absolute Gasteiger partial charge is 0.263 e. The minimum Gasteiger partial charge on any atom is -0.338 e. The van der Waals surface area contributed by atoms with Crippen molar-refractivity contribution >= 4 is 17.2 Å². The predicted molar refractivity (Wildman–Crippen MR) is 97.4 cm³/mol. The molecule has 1 aromatic heterocycles. The van der Waals surface area contributed by atoms with Gasteiger partial charge in [-0.25, -0.2) is 0 Å². The summed E-state index contributed by atoms with van der Waals surface area (Å²) in [5, 5.41) is 0. The number of likely N-dealkylation sites (tertiary alicyclic amines) is 1. The molecule has 2 nitrogen and oxygen atoms in total. The maximum absolute atomic E-state index is 12.7. The van der Waals surface area contributed by atoms with Crippen molar-refractivity contribution in [2.45, 2.75) is 45.4 Å². The van der Waals surface area contributed by atoms with Gasteiger partial charge in [0.1, 0.15) is 0 Å². The second-order valence-electron chi connectivity index (χ2n) is 6.42. The van der Waals surface area contributed by atoms with E-state index in [1.165, 1.54) is 16.0 Å². The lowest BCUT2D eigenvalue weighted by atomic mass is 9.89. The molecule has 0 radical (unpaired) electrons. The van der Waals surface area contributed by atoms with Crippen LogP contribution in [0.25, 0.3) is 0 Å². The van der Waals surface area contributed by atoms with Gasteiger partial charge < -0.3 is 4.90 Å². The highest BCUT2D eigenvalue weighted by molar-refractivity contribution is 7.14. The molecule has 1 aliphatic heterocycles. The van der Waals surface area contributed by atoms with Gasteiger partial charge in [0, 0.05) is 18.0 Å². The zero-order chi connectivity index (χ0) is 16.2. The highest BCUT2D eigenvalue weighted by Crippen LogP contribution is 2.30. The number of rotatable bonds is 4. The predicted octanol–water partition coefficient (Wildman–Crippen LogP) is 5.03. The van der Waals surface area contributed by atoms with E-state index in [4.69, 9.17) is 0 Å². The number of carbonyl (C=O) groups excluding carboxylic acids is 1. The fraction of sp³-hybridized carbons (Fsp3) is 0.450. The number of hydrogen-bond donors (Lipinski definition) is 0. The molecule has 1 aromatic carbocycles. The summed E-state index contributed by atoms with van der Waals surface area (Å²) in [6, 6.07) is 12.8. The Morgan fingerprint density at radius 3 is 2.57 bits per heavy atom. The first-order chi connectivity index (χ1) is 11.2. The van der Waals surface area contributed by atoms with E-state index in [0.29, 0.717) is 5.92 Å². The van der Waals surface area contributed by atoms with E-state index in [2.05, 4.69) is 50.2 Å². The molecule has 1 fully saturated rings. The molecular weight excluding hydrogens is 302 g/mol. The van der Waals surface area contributed by atoms with Gasteiger partial charge in [-0.3, -0.25) is 4.79 Å². The third-order valence-electron chi connectivity index (χ3n) is 4.80. The van der Waals surface area contributed by atoms with Crippen LogP contribution >= 0.6 is 11.3 Å². The van der Waals surface area contributed by atoms with Gasteiger partial charge in [-0.15, -0.1) is 11.3 Å². The average molecular weight is 327 g/mol. The van der Waals surface area contributed by atoms with Crippen molar-refractivity contribution in [3.8, 4) is 0 Å². The number of aryl methyl sites for hydroxylation is 2. The first-order valence-electron chi connectivity index (χ1n) is 8.62. The Bertz CT molecular complexity index is 654. The van der Waals surface area contributed by atoms with E-state index in [-0.39, 0.29) is 5.91 Å². The maximum atomic E-state index is 12.7. The molecule has 23 heavy (non-hydrogen) atoms. The minimum absolute atomic E-state index is 0.229. The molecule has 1 aliphatic rings. The number of nitrogens with zero attached hydrogens (tertiary/aromatic N) is 1.